The molecule has 3 rings (SSSR count). The van der Waals surface area contributed by atoms with E-state index in [0.29, 0.717) is 11.3 Å². The van der Waals surface area contributed by atoms with E-state index < -0.39 is 28.1 Å². The maximum Gasteiger partial charge on any atom is 0.490 e. The first kappa shape index (κ1) is 27.9. The number of aryl methyl sites for hydroxylation is 2. The predicted octanol–water partition coefficient (Wildman–Crippen LogP) is 3.19. The van der Waals surface area contributed by atoms with Gasteiger partial charge in [0.2, 0.25) is 0 Å². The van der Waals surface area contributed by atoms with Gasteiger partial charge >= 0.3 is 18.1 Å². The third-order valence-corrected chi connectivity index (χ3v) is 6.72. The van der Waals surface area contributed by atoms with Gasteiger partial charge < -0.3 is 20.0 Å². The van der Waals surface area contributed by atoms with E-state index in [9.17, 15) is 31.5 Å². The van der Waals surface area contributed by atoms with E-state index >= 15 is 0 Å². The average Bonchev–Trinajstić information content (AvgIpc) is 2.73. The molecule has 1 saturated heterocycles. The van der Waals surface area contributed by atoms with Gasteiger partial charge in [0, 0.05) is 26.2 Å². The Balaban J connectivity index is 0.000000540. The van der Waals surface area contributed by atoms with E-state index in [-0.39, 0.29) is 16.1 Å². The van der Waals surface area contributed by atoms with Gasteiger partial charge in [-0.3, -0.25) is 4.72 Å². The molecule has 1 fully saturated rings. The lowest BCUT2D eigenvalue weighted by Gasteiger charge is -2.35. The lowest BCUT2D eigenvalue weighted by atomic mass is 10.1. The van der Waals surface area contributed by atoms with Gasteiger partial charge in [-0.1, -0.05) is 17.7 Å². The molecule has 3 N–H and O–H groups in total. The third kappa shape index (κ3) is 7.59. The molecule has 2 aromatic rings. The first-order chi connectivity index (χ1) is 16.1. The molecular weight excluding hydrogens is 491 g/mol. The molecule has 0 bridgehead atoms. The zero-order valence-corrected chi connectivity index (χ0v) is 20.1. The predicted molar refractivity (Wildman–Crippen MR) is 124 cm³/mol. The van der Waals surface area contributed by atoms with Crippen molar-refractivity contribution in [2.45, 2.75) is 24.9 Å². The fourth-order valence-corrected chi connectivity index (χ4v) is 4.67. The quantitative estimate of drug-likeness (QED) is 0.552. The first-order valence-electron chi connectivity index (χ1n) is 10.3. The number of halogens is 3. The zero-order valence-electron chi connectivity index (χ0n) is 19.3. The Morgan fingerprint density at radius 1 is 0.971 bits per heavy atom. The topological polar surface area (TPSA) is 127 Å². The van der Waals surface area contributed by atoms with Gasteiger partial charge in [-0.2, -0.15) is 13.2 Å². The molecule has 1 heterocycles. The number of aliphatic carboxylic acids is 1. The van der Waals surface area contributed by atoms with Crippen LogP contribution in [-0.4, -0.2) is 74.9 Å². The Labute approximate surface area is 200 Å². The SMILES string of the molecule is Cc1ccc(S(=O)(=O)Nc2cc(C(=O)O)ccc2N2CCN(C)CC2)c(C)c1.O=C(O)C(F)(F)F. The molecule has 13 heteroatoms. The number of carboxylic acids is 2. The molecule has 0 amide bonds. The standard InChI is InChI=1S/C20H25N3O4S.C2HF3O2/c1-14-4-7-19(15(2)12-14)28(26,27)21-17-13-16(20(24)25)5-6-18(17)23-10-8-22(3)9-11-23;3-2(4,5)1(6)7/h4-7,12-13,21H,8-11H2,1-3H3,(H,24,25);(H,6,7). The van der Waals surface area contributed by atoms with E-state index in [2.05, 4.69) is 14.5 Å². The van der Waals surface area contributed by atoms with Crippen LogP contribution in [0, 0.1) is 13.8 Å². The van der Waals surface area contributed by atoms with Crippen molar-refractivity contribution in [3.8, 4) is 0 Å². The summed E-state index contributed by atoms with van der Waals surface area (Å²) in [5.41, 5.74) is 2.62. The van der Waals surface area contributed by atoms with Crippen molar-refractivity contribution in [1.82, 2.24) is 4.90 Å². The summed E-state index contributed by atoms with van der Waals surface area (Å²) in [6.07, 6.45) is -5.08. The summed E-state index contributed by atoms with van der Waals surface area (Å²) < 4.78 is 60.4. The summed E-state index contributed by atoms with van der Waals surface area (Å²) in [5.74, 6) is -3.86. The Bertz CT molecular complexity index is 1190. The minimum atomic E-state index is -5.08. The van der Waals surface area contributed by atoms with Gasteiger partial charge in [0.1, 0.15) is 0 Å². The van der Waals surface area contributed by atoms with Crippen LogP contribution in [-0.2, 0) is 14.8 Å². The Morgan fingerprint density at radius 3 is 2.03 bits per heavy atom. The second-order valence-electron chi connectivity index (χ2n) is 8.00. The molecule has 0 saturated carbocycles. The van der Waals surface area contributed by atoms with Crippen LogP contribution in [0.1, 0.15) is 21.5 Å². The summed E-state index contributed by atoms with van der Waals surface area (Å²) in [7, 11) is -1.82. The van der Waals surface area contributed by atoms with Crippen molar-refractivity contribution in [2.75, 3.05) is 42.8 Å². The van der Waals surface area contributed by atoms with E-state index in [1.807, 2.05) is 20.0 Å². The summed E-state index contributed by atoms with van der Waals surface area (Å²) in [5, 5.41) is 16.5. The number of sulfonamides is 1. The molecule has 35 heavy (non-hydrogen) atoms. The Hall–Kier alpha value is -3.32. The van der Waals surface area contributed by atoms with Crippen molar-refractivity contribution >= 4 is 33.3 Å². The second-order valence-corrected chi connectivity index (χ2v) is 9.66. The van der Waals surface area contributed by atoms with Crippen LogP contribution in [0.2, 0.25) is 0 Å². The Kier molecular flexibility index (Phi) is 8.74. The van der Waals surface area contributed by atoms with Crippen molar-refractivity contribution in [1.29, 1.82) is 0 Å². The minimum absolute atomic E-state index is 0.0382. The van der Waals surface area contributed by atoms with Crippen LogP contribution >= 0.6 is 0 Å². The number of anilines is 2. The molecule has 0 atom stereocenters. The smallest absolute Gasteiger partial charge is 0.478 e. The van der Waals surface area contributed by atoms with E-state index in [1.165, 1.54) is 12.1 Å². The number of benzene rings is 2. The fraction of sp³-hybridized carbons (Fsp3) is 0.364. The van der Waals surface area contributed by atoms with Gasteiger partial charge in [-0.15, -0.1) is 0 Å². The fourth-order valence-electron chi connectivity index (χ4n) is 3.37. The molecule has 2 aromatic carbocycles. The lowest BCUT2D eigenvalue weighted by molar-refractivity contribution is -0.192. The lowest BCUT2D eigenvalue weighted by Crippen LogP contribution is -2.44. The van der Waals surface area contributed by atoms with Crippen LogP contribution in [0.15, 0.2) is 41.3 Å². The third-order valence-electron chi connectivity index (χ3n) is 5.19. The number of piperazine rings is 1. The van der Waals surface area contributed by atoms with Gasteiger partial charge in [-0.25, -0.2) is 18.0 Å². The number of carbonyl (C=O) groups is 2. The molecule has 0 spiro atoms. The van der Waals surface area contributed by atoms with Gasteiger partial charge in [0.25, 0.3) is 10.0 Å². The highest BCUT2D eigenvalue weighted by Crippen LogP contribution is 2.31. The highest BCUT2D eigenvalue weighted by Gasteiger charge is 2.38. The van der Waals surface area contributed by atoms with Gasteiger partial charge in [0.05, 0.1) is 21.8 Å². The van der Waals surface area contributed by atoms with Crippen LogP contribution in [0.25, 0.3) is 0 Å². The number of nitrogens with one attached hydrogen (secondary N) is 1. The van der Waals surface area contributed by atoms with Crippen LogP contribution in [0.4, 0.5) is 24.5 Å². The monoisotopic (exact) mass is 517 g/mol. The normalized spacial score (nSPS) is 14.6. The molecule has 192 valence electrons. The number of nitrogens with zero attached hydrogens (tertiary/aromatic N) is 2. The summed E-state index contributed by atoms with van der Waals surface area (Å²) >= 11 is 0. The van der Waals surface area contributed by atoms with E-state index in [4.69, 9.17) is 9.90 Å². The molecule has 0 aliphatic carbocycles. The number of hydrogen-bond donors (Lipinski definition) is 3. The first-order valence-corrected chi connectivity index (χ1v) is 11.8. The van der Waals surface area contributed by atoms with Gasteiger partial charge in [-0.05, 0) is 50.7 Å². The number of rotatable bonds is 5. The minimum Gasteiger partial charge on any atom is -0.478 e. The molecule has 0 radical (unpaired) electrons. The number of carboxylic acid groups (broad SMARTS) is 2. The molecular formula is C22H26F3N3O6S. The van der Waals surface area contributed by atoms with Crippen LogP contribution in [0.5, 0.6) is 0 Å². The molecule has 1 aliphatic heterocycles. The van der Waals surface area contributed by atoms with Gasteiger partial charge in [0.15, 0.2) is 0 Å². The molecule has 0 aromatic heterocycles. The largest absolute Gasteiger partial charge is 0.490 e. The summed E-state index contributed by atoms with van der Waals surface area (Å²) in [6, 6.07) is 9.69. The highest BCUT2D eigenvalue weighted by atomic mass is 32.2. The Morgan fingerprint density at radius 2 is 1.54 bits per heavy atom. The summed E-state index contributed by atoms with van der Waals surface area (Å²) in [4.78, 5) is 24.8. The molecule has 0 unspecified atom stereocenters. The second kappa shape index (κ2) is 11.0. The van der Waals surface area contributed by atoms with Crippen molar-refractivity contribution in [3.05, 3.63) is 53.1 Å². The van der Waals surface area contributed by atoms with Crippen molar-refractivity contribution < 1.29 is 41.4 Å². The molecule has 9 nitrogen and oxygen atoms in total. The number of aromatic carboxylic acids is 1. The molecule has 1 aliphatic rings. The van der Waals surface area contributed by atoms with E-state index in [1.54, 1.807) is 25.1 Å². The average molecular weight is 518 g/mol. The number of likely N-dealkylation sites (N-methyl/N-ethyl adjacent to an activating group) is 1. The van der Waals surface area contributed by atoms with Crippen molar-refractivity contribution in [2.24, 2.45) is 0 Å². The van der Waals surface area contributed by atoms with Crippen molar-refractivity contribution in [3.63, 3.8) is 0 Å². The summed E-state index contributed by atoms with van der Waals surface area (Å²) in [6.45, 7) is 6.82. The highest BCUT2D eigenvalue weighted by molar-refractivity contribution is 7.92. The maximum atomic E-state index is 13.0. The van der Waals surface area contributed by atoms with E-state index in [0.717, 1.165) is 31.7 Å². The number of hydrogen-bond acceptors (Lipinski definition) is 6. The number of alkyl halides is 3. The van der Waals surface area contributed by atoms with Crippen LogP contribution in [0.3, 0.4) is 0 Å². The van der Waals surface area contributed by atoms with Crippen LogP contribution < -0.4 is 9.62 Å². The zero-order chi connectivity index (χ0) is 26.6. The maximum absolute atomic E-state index is 13.0.